The highest BCUT2D eigenvalue weighted by Gasteiger charge is 2.28. The molecule has 0 saturated carbocycles. The summed E-state index contributed by atoms with van der Waals surface area (Å²) in [5.74, 6) is -0.598. The number of allylic oxidation sites excluding steroid dienone is 8. The van der Waals surface area contributed by atoms with Gasteiger partial charge in [0.05, 0.1) is 18.8 Å². The summed E-state index contributed by atoms with van der Waals surface area (Å²) in [6.07, 6.45) is 63.1. The van der Waals surface area contributed by atoms with Gasteiger partial charge in [-0.3, -0.25) is 4.79 Å². The molecule has 0 spiro atoms. The number of rotatable bonds is 49. The van der Waals surface area contributed by atoms with Crippen LogP contribution < -0.4 is 5.32 Å². The van der Waals surface area contributed by atoms with Crippen molar-refractivity contribution in [2.75, 3.05) is 6.61 Å². The molecule has 364 valence electrons. The number of hydrogen-bond donors (Lipinski definition) is 5. The van der Waals surface area contributed by atoms with E-state index in [1.165, 1.54) is 193 Å². The van der Waals surface area contributed by atoms with E-state index in [0.29, 0.717) is 19.3 Å². The van der Waals surface area contributed by atoms with Crippen LogP contribution in [0.1, 0.15) is 271 Å². The minimum absolute atomic E-state index is 0.357. The minimum atomic E-state index is -1.29. The van der Waals surface area contributed by atoms with Crippen LogP contribution in [0.4, 0.5) is 0 Å². The lowest BCUT2D eigenvalue weighted by Gasteiger charge is -2.27. The minimum Gasteiger partial charge on any atom is -0.394 e. The van der Waals surface area contributed by atoms with Crippen molar-refractivity contribution in [2.45, 2.75) is 295 Å². The molecule has 0 aliphatic carbocycles. The lowest BCUT2D eigenvalue weighted by Crippen LogP contribution is -2.53. The van der Waals surface area contributed by atoms with Crippen LogP contribution in [0.3, 0.4) is 0 Å². The summed E-state index contributed by atoms with van der Waals surface area (Å²) in [5, 5.41) is 43.9. The summed E-state index contributed by atoms with van der Waals surface area (Å²) >= 11 is 0. The van der Waals surface area contributed by atoms with E-state index in [4.69, 9.17) is 0 Å². The summed E-state index contributed by atoms with van der Waals surface area (Å²) in [6, 6.07) is -1.01. The zero-order valence-electron chi connectivity index (χ0n) is 41.1. The summed E-state index contributed by atoms with van der Waals surface area (Å²) in [7, 11) is 0. The van der Waals surface area contributed by atoms with Crippen LogP contribution in [-0.4, -0.2) is 57.3 Å². The normalized spacial score (nSPS) is 14.2. The maximum atomic E-state index is 12.6. The quantitative estimate of drug-likeness (QED) is 0.0309. The summed E-state index contributed by atoms with van der Waals surface area (Å²) in [5.41, 5.74) is 0. The second-order valence-electron chi connectivity index (χ2n) is 18.6. The fraction of sp³-hybridized carbons (Fsp3) is 0.839. The van der Waals surface area contributed by atoms with E-state index in [1.807, 2.05) is 0 Å². The average molecular weight is 872 g/mol. The Hall–Kier alpha value is -1.73. The average Bonchev–Trinajstić information content (AvgIpc) is 3.28. The lowest BCUT2D eigenvalue weighted by molar-refractivity contribution is -0.132. The van der Waals surface area contributed by atoms with E-state index < -0.39 is 36.9 Å². The fourth-order valence-corrected chi connectivity index (χ4v) is 8.22. The van der Waals surface area contributed by atoms with Crippen molar-refractivity contribution >= 4 is 5.91 Å². The molecule has 0 heterocycles. The van der Waals surface area contributed by atoms with Crippen molar-refractivity contribution in [1.29, 1.82) is 0 Å². The maximum Gasteiger partial charge on any atom is 0.249 e. The van der Waals surface area contributed by atoms with E-state index >= 15 is 0 Å². The van der Waals surface area contributed by atoms with Gasteiger partial charge < -0.3 is 25.7 Å². The molecule has 6 heteroatoms. The Morgan fingerprint density at radius 1 is 0.403 bits per heavy atom. The molecular formula is C56H105NO5. The van der Waals surface area contributed by atoms with E-state index in [2.05, 4.69) is 67.8 Å². The number of nitrogens with one attached hydrogen (secondary N) is 1. The van der Waals surface area contributed by atoms with Crippen LogP contribution in [0.15, 0.2) is 48.6 Å². The van der Waals surface area contributed by atoms with Crippen molar-refractivity contribution in [3.05, 3.63) is 48.6 Å². The monoisotopic (exact) mass is 872 g/mol. The molecule has 0 aromatic rings. The Balaban J connectivity index is 3.69. The van der Waals surface area contributed by atoms with Gasteiger partial charge in [0.2, 0.25) is 5.91 Å². The van der Waals surface area contributed by atoms with Crippen LogP contribution in [0.2, 0.25) is 0 Å². The smallest absolute Gasteiger partial charge is 0.249 e. The van der Waals surface area contributed by atoms with Gasteiger partial charge in [0.25, 0.3) is 0 Å². The van der Waals surface area contributed by atoms with Crippen molar-refractivity contribution in [3.8, 4) is 0 Å². The second-order valence-corrected chi connectivity index (χ2v) is 18.6. The molecular weight excluding hydrogens is 767 g/mol. The zero-order chi connectivity index (χ0) is 45.2. The highest BCUT2D eigenvalue weighted by Crippen LogP contribution is 2.16. The van der Waals surface area contributed by atoms with Gasteiger partial charge in [-0.25, -0.2) is 0 Å². The zero-order valence-corrected chi connectivity index (χ0v) is 41.1. The molecule has 0 aliphatic rings. The van der Waals surface area contributed by atoms with E-state index in [0.717, 1.165) is 44.9 Å². The van der Waals surface area contributed by atoms with Crippen LogP contribution in [0.5, 0.6) is 0 Å². The van der Waals surface area contributed by atoms with Gasteiger partial charge in [0.15, 0.2) is 0 Å². The SMILES string of the molecule is CCCCCCCCCCC/C=C\C/C=C\CCCCCCCCCCCCCCC(O)C(=O)NC(CO)C(O)C(O)CCC/C=C/CC/C=C/CCCCCCCCCCC. The van der Waals surface area contributed by atoms with Gasteiger partial charge in [-0.05, 0) is 83.5 Å². The number of aliphatic hydroxyl groups excluding tert-OH is 4. The molecule has 0 saturated heterocycles. The Morgan fingerprint density at radius 2 is 0.726 bits per heavy atom. The molecule has 0 aromatic heterocycles. The first kappa shape index (κ1) is 60.3. The first-order valence-electron chi connectivity index (χ1n) is 27.0. The molecule has 0 bridgehead atoms. The maximum absolute atomic E-state index is 12.6. The molecule has 4 unspecified atom stereocenters. The van der Waals surface area contributed by atoms with Gasteiger partial charge >= 0.3 is 0 Å². The van der Waals surface area contributed by atoms with Crippen molar-refractivity contribution in [3.63, 3.8) is 0 Å². The van der Waals surface area contributed by atoms with Gasteiger partial charge in [-0.1, -0.05) is 236 Å². The van der Waals surface area contributed by atoms with E-state index in [1.54, 1.807) is 0 Å². The summed E-state index contributed by atoms with van der Waals surface area (Å²) in [6.45, 7) is 4.05. The standard InChI is InChI=1S/C56H105NO5/c1-3-5-7-9-11-13-15-17-19-21-23-24-25-26-27-28-29-30-31-32-34-36-38-40-42-44-46-48-50-54(60)56(62)57-52(51-58)55(61)53(59)49-47-45-43-41-39-37-35-33-22-20-18-16-14-12-10-8-6-4-2/h23-24,26-27,33,35,41,43,52-55,58-61H,3-22,25,28-32,34,36-40,42,44-51H2,1-2H3,(H,57,62)/b24-23-,27-26-,35-33+,43-41+. The van der Waals surface area contributed by atoms with Gasteiger partial charge in [-0.2, -0.15) is 0 Å². The third kappa shape index (κ3) is 43.5. The number of carbonyl (C=O) groups is 1. The van der Waals surface area contributed by atoms with Gasteiger partial charge in [-0.15, -0.1) is 0 Å². The van der Waals surface area contributed by atoms with Gasteiger partial charge in [0, 0.05) is 0 Å². The highest BCUT2D eigenvalue weighted by molar-refractivity contribution is 5.80. The predicted molar refractivity (Wildman–Crippen MR) is 270 cm³/mol. The summed E-state index contributed by atoms with van der Waals surface area (Å²) < 4.78 is 0. The Bertz CT molecular complexity index is 1020. The van der Waals surface area contributed by atoms with Crippen LogP contribution in [0, 0.1) is 0 Å². The van der Waals surface area contributed by atoms with Crippen LogP contribution in [0.25, 0.3) is 0 Å². The number of unbranched alkanes of at least 4 members (excludes halogenated alkanes) is 32. The Morgan fingerprint density at radius 3 is 1.11 bits per heavy atom. The number of carbonyl (C=O) groups excluding carboxylic acids is 1. The van der Waals surface area contributed by atoms with Crippen molar-refractivity contribution in [1.82, 2.24) is 5.32 Å². The van der Waals surface area contributed by atoms with Crippen molar-refractivity contribution in [2.24, 2.45) is 0 Å². The molecule has 4 atom stereocenters. The Kier molecular flexibility index (Phi) is 48.9. The largest absolute Gasteiger partial charge is 0.394 e. The highest BCUT2D eigenvalue weighted by atomic mass is 16.3. The molecule has 1 amide bonds. The molecule has 0 aromatic carbocycles. The molecule has 62 heavy (non-hydrogen) atoms. The first-order chi connectivity index (χ1) is 30.5. The van der Waals surface area contributed by atoms with E-state index in [-0.39, 0.29) is 0 Å². The van der Waals surface area contributed by atoms with Gasteiger partial charge in [0.1, 0.15) is 12.2 Å². The number of aliphatic hydroxyl groups is 4. The first-order valence-corrected chi connectivity index (χ1v) is 27.0. The van der Waals surface area contributed by atoms with Crippen molar-refractivity contribution < 1.29 is 25.2 Å². The van der Waals surface area contributed by atoms with Crippen LogP contribution >= 0.6 is 0 Å². The number of hydrogen-bond acceptors (Lipinski definition) is 5. The summed E-state index contributed by atoms with van der Waals surface area (Å²) in [4.78, 5) is 12.6. The topological polar surface area (TPSA) is 110 Å². The molecule has 6 nitrogen and oxygen atoms in total. The fourth-order valence-electron chi connectivity index (χ4n) is 8.22. The third-order valence-electron chi connectivity index (χ3n) is 12.5. The van der Waals surface area contributed by atoms with Crippen LogP contribution in [-0.2, 0) is 4.79 Å². The molecule has 0 aliphatic heterocycles. The predicted octanol–water partition coefficient (Wildman–Crippen LogP) is 15.4. The van der Waals surface area contributed by atoms with E-state index in [9.17, 15) is 25.2 Å². The molecule has 0 rings (SSSR count). The molecule has 5 N–H and O–H groups in total. The third-order valence-corrected chi connectivity index (χ3v) is 12.5. The Labute approximate surface area is 385 Å². The second kappa shape index (κ2) is 50.3. The molecule has 0 fully saturated rings. The molecule has 0 radical (unpaired) electrons. The number of amides is 1. The lowest BCUT2D eigenvalue weighted by atomic mass is 10.00.